The van der Waals surface area contributed by atoms with Crippen LogP contribution < -0.4 is 5.32 Å². The van der Waals surface area contributed by atoms with Gasteiger partial charge in [0, 0.05) is 29.2 Å². The molecule has 0 spiro atoms. The molecular formula is C22H23F3N2. The van der Waals surface area contributed by atoms with Crippen molar-refractivity contribution < 1.29 is 13.2 Å². The van der Waals surface area contributed by atoms with Crippen LogP contribution in [0.3, 0.4) is 0 Å². The van der Waals surface area contributed by atoms with Crippen LogP contribution in [0.25, 0.3) is 0 Å². The molecule has 142 valence electrons. The van der Waals surface area contributed by atoms with Crippen molar-refractivity contribution in [3.05, 3.63) is 71.7 Å². The predicted octanol–water partition coefficient (Wildman–Crippen LogP) is 6.16. The molecule has 4 unspecified atom stereocenters. The summed E-state index contributed by atoms with van der Waals surface area (Å²) in [5.74, 6) is 1.75. The molecule has 1 heterocycles. The fourth-order valence-electron chi connectivity index (χ4n) is 5.09. The van der Waals surface area contributed by atoms with E-state index in [1.807, 2.05) is 13.1 Å². The molecule has 27 heavy (non-hydrogen) atoms. The van der Waals surface area contributed by atoms with Gasteiger partial charge in [-0.25, -0.2) is 0 Å². The highest BCUT2D eigenvalue weighted by Gasteiger charge is 2.49. The highest BCUT2D eigenvalue weighted by atomic mass is 19.4. The Balaban J connectivity index is 1.59. The maximum atomic E-state index is 13.0. The summed E-state index contributed by atoms with van der Waals surface area (Å²) in [6, 6.07) is 9.55. The van der Waals surface area contributed by atoms with Crippen molar-refractivity contribution in [1.29, 1.82) is 0 Å². The highest BCUT2D eigenvalue weighted by molar-refractivity contribution is 5.51. The average molecular weight is 372 g/mol. The first-order valence-corrected chi connectivity index (χ1v) is 9.38. The molecule has 5 heteroatoms. The first-order chi connectivity index (χ1) is 12.8. The number of allylic oxidation sites excluding steroid dienone is 1. The number of pyridine rings is 1. The minimum absolute atomic E-state index is 0.236. The molecule has 2 aliphatic rings. The number of hydrogen-bond donors (Lipinski definition) is 1. The van der Waals surface area contributed by atoms with E-state index in [1.54, 1.807) is 6.07 Å². The molecule has 2 aromatic rings. The Bertz CT molecular complexity index is 859. The molecule has 1 aromatic carbocycles. The number of rotatable bonds is 4. The van der Waals surface area contributed by atoms with Crippen molar-refractivity contribution in [2.75, 3.05) is 5.32 Å². The smallest absolute Gasteiger partial charge is 0.359 e. The SMILES string of the molecule is C=C(Nc1cccc(C(F)(F)F)c1)C1C2CCC(C2)C1c1ccnc(C)c1. The molecule has 2 nitrogen and oxygen atoms in total. The normalized spacial score (nSPS) is 27.0. The van der Waals surface area contributed by atoms with Gasteiger partial charge in [-0.2, -0.15) is 13.2 Å². The molecule has 0 saturated heterocycles. The molecule has 2 fully saturated rings. The maximum Gasteiger partial charge on any atom is 0.416 e. The van der Waals surface area contributed by atoms with Crippen LogP contribution >= 0.6 is 0 Å². The molecular weight excluding hydrogens is 349 g/mol. The molecule has 4 atom stereocenters. The Morgan fingerprint density at radius 1 is 1.15 bits per heavy atom. The Morgan fingerprint density at radius 2 is 1.93 bits per heavy atom. The number of aryl methyl sites for hydroxylation is 1. The number of anilines is 1. The van der Waals surface area contributed by atoms with Crippen LogP contribution in [0.2, 0.25) is 0 Å². The Morgan fingerprint density at radius 3 is 2.67 bits per heavy atom. The van der Waals surface area contributed by atoms with E-state index < -0.39 is 11.7 Å². The van der Waals surface area contributed by atoms with Gasteiger partial charge < -0.3 is 5.32 Å². The third-order valence-electron chi connectivity index (χ3n) is 6.12. The lowest BCUT2D eigenvalue weighted by Crippen LogP contribution is -2.25. The summed E-state index contributed by atoms with van der Waals surface area (Å²) in [4.78, 5) is 4.30. The zero-order valence-electron chi connectivity index (χ0n) is 15.3. The first kappa shape index (κ1) is 18.1. The number of aromatic nitrogens is 1. The number of nitrogens with zero attached hydrogens (tertiary/aromatic N) is 1. The summed E-state index contributed by atoms with van der Waals surface area (Å²) in [6.07, 6.45) is 1.04. The first-order valence-electron chi connectivity index (χ1n) is 9.38. The highest BCUT2D eigenvalue weighted by Crippen LogP contribution is 2.58. The molecule has 2 saturated carbocycles. The zero-order valence-corrected chi connectivity index (χ0v) is 15.3. The van der Waals surface area contributed by atoms with Crippen LogP contribution in [0, 0.1) is 24.7 Å². The standard InChI is InChI=1S/C22H23F3N2/c1-13-10-17(8-9-26-13)21-16-7-6-15(11-16)20(21)14(2)27-19-5-3-4-18(12-19)22(23,24)25/h3-5,8-10,12,15-16,20-21,27H,2,6-7,11H2,1H3. The third kappa shape index (κ3) is 3.47. The maximum absolute atomic E-state index is 13.0. The second kappa shape index (κ2) is 6.70. The lowest BCUT2D eigenvalue weighted by atomic mass is 9.74. The van der Waals surface area contributed by atoms with Crippen molar-refractivity contribution in [1.82, 2.24) is 4.98 Å². The minimum atomic E-state index is -4.34. The van der Waals surface area contributed by atoms with Gasteiger partial charge in [-0.15, -0.1) is 0 Å². The summed E-state index contributed by atoms with van der Waals surface area (Å²) in [5.41, 5.74) is 2.88. The number of alkyl halides is 3. The number of benzene rings is 1. The van der Waals surface area contributed by atoms with E-state index in [0.29, 0.717) is 23.4 Å². The molecule has 0 amide bonds. The van der Waals surface area contributed by atoms with E-state index >= 15 is 0 Å². The van der Waals surface area contributed by atoms with Gasteiger partial charge >= 0.3 is 6.18 Å². The van der Waals surface area contributed by atoms with Crippen molar-refractivity contribution in [3.63, 3.8) is 0 Å². The molecule has 4 rings (SSSR count). The summed E-state index contributed by atoms with van der Waals surface area (Å²) < 4.78 is 39.0. The number of halogens is 3. The van der Waals surface area contributed by atoms with Gasteiger partial charge in [0.25, 0.3) is 0 Å². The lowest BCUT2D eigenvalue weighted by molar-refractivity contribution is -0.137. The van der Waals surface area contributed by atoms with Crippen molar-refractivity contribution >= 4 is 5.69 Å². The summed E-state index contributed by atoms with van der Waals surface area (Å²) >= 11 is 0. The van der Waals surface area contributed by atoms with Crippen LogP contribution in [-0.2, 0) is 6.18 Å². The van der Waals surface area contributed by atoms with E-state index in [4.69, 9.17) is 0 Å². The van der Waals surface area contributed by atoms with Crippen molar-refractivity contribution in [3.8, 4) is 0 Å². The largest absolute Gasteiger partial charge is 0.416 e. The lowest BCUT2D eigenvalue weighted by Gasteiger charge is -2.33. The van der Waals surface area contributed by atoms with Crippen molar-refractivity contribution in [2.45, 2.75) is 38.3 Å². The Kier molecular flexibility index (Phi) is 4.49. The summed E-state index contributed by atoms with van der Waals surface area (Å²) in [7, 11) is 0. The number of nitrogens with one attached hydrogen (secondary N) is 1. The Labute approximate surface area is 157 Å². The number of hydrogen-bond acceptors (Lipinski definition) is 2. The van der Waals surface area contributed by atoms with E-state index in [2.05, 4.69) is 29.0 Å². The van der Waals surface area contributed by atoms with Crippen LogP contribution in [0.5, 0.6) is 0 Å². The van der Waals surface area contributed by atoms with Gasteiger partial charge in [0.15, 0.2) is 0 Å². The molecule has 2 aliphatic carbocycles. The van der Waals surface area contributed by atoms with Gasteiger partial charge in [0.2, 0.25) is 0 Å². The minimum Gasteiger partial charge on any atom is -0.359 e. The second-order valence-electron chi connectivity index (χ2n) is 7.84. The van der Waals surface area contributed by atoms with E-state index in [1.165, 1.54) is 30.9 Å². The van der Waals surface area contributed by atoms with Gasteiger partial charge in [-0.05, 0) is 79.8 Å². The summed E-state index contributed by atoms with van der Waals surface area (Å²) in [6.45, 7) is 6.22. The molecule has 2 bridgehead atoms. The number of fused-ring (bicyclic) bond motifs is 2. The molecule has 0 radical (unpaired) electrons. The van der Waals surface area contributed by atoms with E-state index in [9.17, 15) is 13.2 Å². The van der Waals surface area contributed by atoms with Crippen molar-refractivity contribution in [2.24, 2.45) is 17.8 Å². The van der Waals surface area contributed by atoms with Crippen LogP contribution in [0.4, 0.5) is 18.9 Å². The monoisotopic (exact) mass is 372 g/mol. The van der Waals surface area contributed by atoms with Gasteiger partial charge in [-0.3, -0.25) is 4.98 Å². The fourth-order valence-corrected chi connectivity index (χ4v) is 5.09. The predicted molar refractivity (Wildman–Crippen MR) is 100 cm³/mol. The average Bonchev–Trinajstić information content (AvgIpc) is 3.22. The molecule has 1 aromatic heterocycles. The van der Waals surface area contributed by atoms with Gasteiger partial charge in [0.1, 0.15) is 0 Å². The summed E-state index contributed by atoms with van der Waals surface area (Å²) in [5, 5.41) is 3.19. The molecule has 0 aliphatic heterocycles. The zero-order chi connectivity index (χ0) is 19.2. The third-order valence-corrected chi connectivity index (χ3v) is 6.12. The van der Waals surface area contributed by atoms with Crippen LogP contribution in [-0.4, -0.2) is 4.98 Å². The fraction of sp³-hybridized carbons (Fsp3) is 0.409. The van der Waals surface area contributed by atoms with E-state index in [0.717, 1.165) is 23.5 Å². The van der Waals surface area contributed by atoms with Crippen LogP contribution in [0.15, 0.2) is 54.9 Å². The molecule has 1 N–H and O–H groups in total. The van der Waals surface area contributed by atoms with Gasteiger partial charge in [-0.1, -0.05) is 12.6 Å². The Hall–Kier alpha value is -2.30. The topological polar surface area (TPSA) is 24.9 Å². The van der Waals surface area contributed by atoms with E-state index in [-0.39, 0.29) is 5.92 Å². The van der Waals surface area contributed by atoms with Crippen LogP contribution in [0.1, 0.15) is 42.0 Å². The van der Waals surface area contributed by atoms with Gasteiger partial charge in [0.05, 0.1) is 5.56 Å². The second-order valence-corrected chi connectivity index (χ2v) is 7.84. The quantitative estimate of drug-likeness (QED) is 0.695.